The van der Waals surface area contributed by atoms with E-state index >= 15 is 0 Å². The normalized spacial score (nSPS) is 10.7. The molecule has 3 heteroatoms. The molecule has 0 aliphatic heterocycles. The molecule has 0 aliphatic carbocycles. The molecule has 2 heterocycles. The largest absolute Gasteiger partial charge is 0.340 e. The zero-order chi connectivity index (χ0) is 12.4. The van der Waals surface area contributed by atoms with Crippen molar-refractivity contribution in [2.24, 2.45) is 0 Å². The average Bonchev–Trinajstić information content (AvgIpc) is 2.85. The summed E-state index contributed by atoms with van der Waals surface area (Å²) in [5, 5.41) is 3.55. The lowest BCUT2D eigenvalue weighted by molar-refractivity contribution is 1.03. The fraction of sp³-hybridized carbons (Fsp3) is 0.133. The van der Waals surface area contributed by atoms with Crippen LogP contribution in [0.3, 0.4) is 0 Å². The molecule has 3 rings (SSSR count). The smallest absolute Gasteiger partial charge is 0.0599 e. The van der Waals surface area contributed by atoms with Crippen molar-refractivity contribution in [1.29, 1.82) is 0 Å². The quantitative estimate of drug-likeness (QED) is 0.686. The number of benzene rings is 1. The molecule has 0 bridgehead atoms. The first-order valence-electron chi connectivity index (χ1n) is 6.04. The van der Waals surface area contributed by atoms with Crippen molar-refractivity contribution in [2.75, 3.05) is 11.4 Å². The Bertz CT molecular complexity index is 646. The molecule has 90 valence electrons. The summed E-state index contributed by atoms with van der Waals surface area (Å²) in [6.07, 6.45) is 3.68. The standard InChI is InChI=1S/C15H14N2S/c1-2-17(12-7-9-16-10-8-12)14-11-18-15-6-4-3-5-13(14)15/h3-11H,2H2,1H3. The Morgan fingerprint density at radius 1 is 1.11 bits per heavy atom. The van der Waals surface area contributed by atoms with Crippen LogP contribution in [0.1, 0.15) is 6.92 Å². The minimum Gasteiger partial charge on any atom is -0.340 e. The van der Waals surface area contributed by atoms with Gasteiger partial charge >= 0.3 is 0 Å². The average molecular weight is 254 g/mol. The van der Waals surface area contributed by atoms with Gasteiger partial charge in [-0.25, -0.2) is 0 Å². The maximum Gasteiger partial charge on any atom is 0.0599 e. The molecular formula is C15H14N2S. The van der Waals surface area contributed by atoms with E-state index in [4.69, 9.17) is 0 Å². The van der Waals surface area contributed by atoms with Gasteiger partial charge in [-0.1, -0.05) is 18.2 Å². The number of rotatable bonds is 3. The summed E-state index contributed by atoms with van der Waals surface area (Å²) >= 11 is 1.80. The molecule has 0 N–H and O–H groups in total. The molecule has 0 spiro atoms. The van der Waals surface area contributed by atoms with E-state index in [-0.39, 0.29) is 0 Å². The third-order valence-corrected chi connectivity index (χ3v) is 3.99. The molecule has 18 heavy (non-hydrogen) atoms. The van der Waals surface area contributed by atoms with Crippen LogP contribution in [0.4, 0.5) is 11.4 Å². The maximum atomic E-state index is 4.08. The summed E-state index contributed by atoms with van der Waals surface area (Å²) in [6, 6.07) is 12.6. The number of pyridine rings is 1. The van der Waals surface area contributed by atoms with Crippen LogP contribution >= 0.6 is 11.3 Å². The van der Waals surface area contributed by atoms with E-state index < -0.39 is 0 Å². The van der Waals surface area contributed by atoms with Gasteiger partial charge in [0.25, 0.3) is 0 Å². The first-order chi connectivity index (χ1) is 8.90. The molecule has 0 radical (unpaired) electrons. The predicted molar refractivity (Wildman–Crippen MR) is 78.7 cm³/mol. The Balaban J connectivity index is 2.12. The van der Waals surface area contributed by atoms with Gasteiger partial charge in [0.15, 0.2) is 0 Å². The second-order valence-electron chi connectivity index (χ2n) is 4.07. The Morgan fingerprint density at radius 3 is 2.67 bits per heavy atom. The summed E-state index contributed by atoms with van der Waals surface area (Å²) in [5.41, 5.74) is 2.47. The van der Waals surface area contributed by atoms with E-state index in [1.807, 2.05) is 12.4 Å². The minimum atomic E-state index is 0.949. The van der Waals surface area contributed by atoms with Crippen LogP contribution in [0.5, 0.6) is 0 Å². The fourth-order valence-corrected chi connectivity index (χ4v) is 3.14. The van der Waals surface area contributed by atoms with Crippen molar-refractivity contribution in [3.63, 3.8) is 0 Å². The number of fused-ring (bicyclic) bond motifs is 1. The Morgan fingerprint density at radius 2 is 1.89 bits per heavy atom. The monoisotopic (exact) mass is 254 g/mol. The first-order valence-corrected chi connectivity index (χ1v) is 6.92. The summed E-state index contributed by atoms with van der Waals surface area (Å²) in [7, 11) is 0. The van der Waals surface area contributed by atoms with Crippen LogP contribution in [0.15, 0.2) is 54.2 Å². The molecule has 0 atom stereocenters. The van der Waals surface area contributed by atoms with Crippen molar-refractivity contribution < 1.29 is 0 Å². The van der Waals surface area contributed by atoms with Crippen molar-refractivity contribution in [1.82, 2.24) is 4.98 Å². The van der Waals surface area contributed by atoms with Gasteiger partial charge < -0.3 is 4.90 Å². The molecule has 0 unspecified atom stereocenters. The minimum absolute atomic E-state index is 0.949. The van der Waals surface area contributed by atoms with Gasteiger partial charge in [0.2, 0.25) is 0 Å². The molecule has 0 fully saturated rings. The van der Waals surface area contributed by atoms with Crippen LogP contribution < -0.4 is 4.90 Å². The van der Waals surface area contributed by atoms with Gasteiger partial charge in [-0.15, -0.1) is 11.3 Å². The second-order valence-corrected chi connectivity index (χ2v) is 4.98. The summed E-state index contributed by atoms with van der Waals surface area (Å²) in [5.74, 6) is 0. The number of anilines is 2. The summed E-state index contributed by atoms with van der Waals surface area (Å²) < 4.78 is 1.33. The number of thiophene rings is 1. The number of aromatic nitrogens is 1. The second kappa shape index (κ2) is 4.78. The number of hydrogen-bond donors (Lipinski definition) is 0. The Labute approximate surface area is 111 Å². The molecule has 0 saturated carbocycles. The van der Waals surface area contributed by atoms with E-state index in [0.29, 0.717) is 0 Å². The van der Waals surface area contributed by atoms with Gasteiger partial charge in [0.1, 0.15) is 0 Å². The van der Waals surface area contributed by atoms with Crippen molar-refractivity contribution in [2.45, 2.75) is 6.92 Å². The zero-order valence-corrected chi connectivity index (χ0v) is 11.0. The van der Waals surface area contributed by atoms with E-state index in [2.05, 4.69) is 58.6 Å². The molecule has 0 saturated heterocycles. The van der Waals surface area contributed by atoms with Gasteiger partial charge in [0.05, 0.1) is 5.69 Å². The molecule has 3 aromatic rings. The van der Waals surface area contributed by atoms with Gasteiger partial charge in [-0.2, -0.15) is 0 Å². The lowest BCUT2D eigenvalue weighted by Gasteiger charge is -2.22. The SMILES string of the molecule is CCN(c1ccncc1)c1csc2ccccc12. The van der Waals surface area contributed by atoms with E-state index in [1.54, 1.807) is 11.3 Å². The molecule has 0 amide bonds. The third kappa shape index (κ3) is 1.87. The van der Waals surface area contributed by atoms with E-state index in [0.717, 1.165) is 6.54 Å². The highest BCUT2D eigenvalue weighted by Crippen LogP contribution is 2.36. The molecule has 2 nitrogen and oxygen atoms in total. The maximum absolute atomic E-state index is 4.08. The van der Waals surface area contributed by atoms with Gasteiger partial charge in [-0.05, 0) is 25.1 Å². The molecular weight excluding hydrogens is 240 g/mol. The highest BCUT2D eigenvalue weighted by Gasteiger charge is 2.11. The Kier molecular flexibility index (Phi) is 2.99. The van der Waals surface area contributed by atoms with Crippen molar-refractivity contribution in [3.05, 3.63) is 54.2 Å². The molecule has 2 aromatic heterocycles. The van der Waals surface area contributed by atoms with Crippen LogP contribution in [0.25, 0.3) is 10.1 Å². The number of nitrogens with zero attached hydrogens (tertiary/aromatic N) is 2. The predicted octanol–water partition coefficient (Wildman–Crippen LogP) is 4.45. The van der Waals surface area contributed by atoms with Crippen molar-refractivity contribution in [3.8, 4) is 0 Å². The highest BCUT2D eigenvalue weighted by molar-refractivity contribution is 7.17. The van der Waals surface area contributed by atoms with Gasteiger partial charge in [0, 0.05) is 40.1 Å². The first kappa shape index (κ1) is 11.2. The lowest BCUT2D eigenvalue weighted by Crippen LogP contribution is -2.15. The molecule has 0 aliphatic rings. The Hall–Kier alpha value is -1.87. The number of hydrogen-bond acceptors (Lipinski definition) is 3. The highest BCUT2D eigenvalue weighted by atomic mass is 32.1. The van der Waals surface area contributed by atoms with E-state index in [9.17, 15) is 0 Å². The summed E-state index contributed by atoms with van der Waals surface area (Å²) in [6.45, 7) is 3.12. The third-order valence-electron chi connectivity index (χ3n) is 3.04. The van der Waals surface area contributed by atoms with Crippen LogP contribution in [-0.2, 0) is 0 Å². The fourth-order valence-electron chi connectivity index (χ4n) is 2.19. The van der Waals surface area contributed by atoms with Crippen LogP contribution in [-0.4, -0.2) is 11.5 Å². The molecule has 1 aromatic carbocycles. The summed E-state index contributed by atoms with van der Waals surface area (Å²) in [4.78, 5) is 6.40. The van der Waals surface area contributed by atoms with E-state index in [1.165, 1.54) is 21.5 Å². The van der Waals surface area contributed by atoms with Gasteiger partial charge in [-0.3, -0.25) is 4.98 Å². The zero-order valence-electron chi connectivity index (χ0n) is 10.2. The topological polar surface area (TPSA) is 16.1 Å². The van der Waals surface area contributed by atoms with Crippen molar-refractivity contribution >= 4 is 32.8 Å². The lowest BCUT2D eigenvalue weighted by atomic mass is 10.2. The van der Waals surface area contributed by atoms with Crippen LogP contribution in [0, 0.1) is 0 Å². The van der Waals surface area contributed by atoms with Crippen LogP contribution in [0.2, 0.25) is 0 Å².